The summed E-state index contributed by atoms with van der Waals surface area (Å²) in [4.78, 5) is 0. The molecule has 0 fully saturated rings. The number of rotatable bonds is 7. The van der Waals surface area contributed by atoms with E-state index in [2.05, 4.69) is 193 Å². The van der Waals surface area contributed by atoms with Crippen LogP contribution in [0, 0.1) is 0 Å². The average molecular weight is 665 g/mol. The fourth-order valence-corrected chi connectivity index (χ4v) is 10.1. The Kier molecular flexibility index (Phi) is 8.28. The standard InChI is InChI=1S/C46H37N2OP/c1-34-35(2)48(45-26-14-24-43(33-45)38-19-10-5-11-20-38)50(49,47(34)44-25-13-23-42(32-44)37-17-8-4-9-18-37)46-29-27-39(28-30-46)41-22-12-21-40(31-41)36-15-6-3-7-16-36/h3-33H,1-2H3. The zero-order valence-electron chi connectivity index (χ0n) is 28.1. The van der Waals surface area contributed by atoms with Gasteiger partial charge in [-0.3, -0.25) is 13.9 Å². The molecule has 0 bridgehead atoms. The first-order valence-electron chi connectivity index (χ1n) is 17.0. The Morgan fingerprint density at radius 2 is 0.660 bits per heavy atom. The molecule has 1 aliphatic rings. The van der Waals surface area contributed by atoms with E-state index in [1.54, 1.807) is 0 Å². The van der Waals surface area contributed by atoms with E-state index < -0.39 is 7.44 Å². The van der Waals surface area contributed by atoms with Crippen LogP contribution in [0.3, 0.4) is 0 Å². The van der Waals surface area contributed by atoms with Crippen molar-refractivity contribution in [2.75, 3.05) is 9.34 Å². The van der Waals surface area contributed by atoms with Gasteiger partial charge in [-0.25, -0.2) is 0 Å². The van der Waals surface area contributed by atoms with Gasteiger partial charge < -0.3 is 0 Å². The molecule has 1 heterocycles. The molecule has 0 N–H and O–H groups in total. The molecule has 0 amide bonds. The zero-order valence-corrected chi connectivity index (χ0v) is 29.0. The maximum Gasteiger partial charge on any atom is 0.301 e. The summed E-state index contributed by atoms with van der Waals surface area (Å²) < 4.78 is 20.4. The largest absolute Gasteiger partial charge is 0.301 e. The fourth-order valence-electron chi connectivity index (χ4n) is 6.99. The molecule has 0 atom stereocenters. The Bertz CT molecular complexity index is 2270. The molecule has 50 heavy (non-hydrogen) atoms. The molecule has 0 radical (unpaired) electrons. The van der Waals surface area contributed by atoms with Crippen molar-refractivity contribution in [1.29, 1.82) is 0 Å². The van der Waals surface area contributed by atoms with Gasteiger partial charge in [-0.15, -0.1) is 0 Å². The van der Waals surface area contributed by atoms with Crippen LogP contribution in [0.4, 0.5) is 11.4 Å². The second kappa shape index (κ2) is 13.2. The van der Waals surface area contributed by atoms with Gasteiger partial charge in [0.1, 0.15) is 0 Å². The maximum absolute atomic E-state index is 16.3. The van der Waals surface area contributed by atoms with Crippen molar-refractivity contribution in [2.24, 2.45) is 0 Å². The fraction of sp³-hybridized carbons (Fsp3) is 0.0435. The smallest absolute Gasteiger partial charge is 0.274 e. The zero-order chi connectivity index (χ0) is 34.1. The van der Waals surface area contributed by atoms with Crippen molar-refractivity contribution >= 4 is 24.1 Å². The summed E-state index contributed by atoms with van der Waals surface area (Å²) in [6, 6.07) is 64.9. The first-order valence-corrected chi connectivity index (χ1v) is 18.6. The topological polar surface area (TPSA) is 23.6 Å². The van der Waals surface area contributed by atoms with Crippen LogP contribution in [0.2, 0.25) is 0 Å². The van der Waals surface area contributed by atoms with E-state index >= 15 is 4.57 Å². The molecule has 0 aromatic heterocycles. The molecule has 0 spiro atoms. The highest BCUT2D eigenvalue weighted by Crippen LogP contribution is 2.64. The van der Waals surface area contributed by atoms with E-state index in [-0.39, 0.29) is 0 Å². The molecule has 3 nitrogen and oxygen atoms in total. The first-order chi connectivity index (χ1) is 24.5. The van der Waals surface area contributed by atoms with Crippen molar-refractivity contribution in [1.82, 2.24) is 0 Å². The van der Waals surface area contributed by atoms with Crippen LogP contribution in [-0.4, -0.2) is 0 Å². The van der Waals surface area contributed by atoms with Crippen LogP contribution in [0.15, 0.2) is 199 Å². The Morgan fingerprint density at radius 1 is 0.340 bits per heavy atom. The molecule has 4 heteroatoms. The predicted octanol–water partition coefficient (Wildman–Crippen LogP) is 12.5. The van der Waals surface area contributed by atoms with E-state index in [1.165, 1.54) is 11.1 Å². The normalized spacial score (nSPS) is 13.9. The summed E-state index contributed by atoms with van der Waals surface area (Å²) in [5.41, 5.74) is 12.7. The van der Waals surface area contributed by atoms with Crippen LogP contribution in [-0.2, 0) is 4.57 Å². The highest BCUT2D eigenvalue weighted by molar-refractivity contribution is 7.75. The van der Waals surface area contributed by atoms with Gasteiger partial charge in [-0.2, -0.15) is 0 Å². The number of anilines is 2. The maximum atomic E-state index is 16.3. The number of allylic oxidation sites excluding steroid dienone is 2. The predicted molar refractivity (Wildman–Crippen MR) is 212 cm³/mol. The van der Waals surface area contributed by atoms with E-state index in [4.69, 9.17) is 0 Å². The Balaban J connectivity index is 1.26. The molecule has 8 rings (SSSR count). The monoisotopic (exact) mass is 664 g/mol. The number of nitrogens with zero attached hydrogens (tertiary/aromatic N) is 2. The minimum atomic E-state index is -3.50. The molecule has 7 aromatic carbocycles. The third kappa shape index (κ3) is 5.66. The van der Waals surface area contributed by atoms with Gasteiger partial charge in [0.05, 0.1) is 5.30 Å². The molecule has 1 aliphatic heterocycles. The third-order valence-electron chi connectivity index (χ3n) is 9.60. The molecule has 0 saturated heterocycles. The minimum absolute atomic E-state index is 0.770. The Hall–Kier alpha value is -5.89. The van der Waals surface area contributed by atoms with Crippen molar-refractivity contribution in [2.45, 2.75) is 13.8 Å². The van der Waals surface area contributed by atoms with Gasteiger partial charge in [-0.05, 0) is 101 Å². The molecule has 0 unspecified atom stereocenters. The van der Waals surface area contributed by atoms with Gasteiger partial charge in [0.2, 0.25) is 0 Å². The van der Waals surface area contributed by atoms with Crippen LogP contribution in [0.1, 0.15) is 13.8 Å². The lowest BCUT2D eigenvalue weighted by Crippen LogP contribution is -2.28. The average Bonchev–Trinajstić information content (AvgIpc) is 3.40. The van der Waals surface area contributed by atoms with Gasteiger partial charge >= 0.3 is 7.44 Å². The van der Waals surface area contributed by atoms with E-state index in [0.717, 1.165) is 61.5 Å². The second-order valence-electron chi connectivity index (χ2n) is 12.7. The number of hydrogen-bond donors (Lipinski definition) is 0. The molecular weight excluding hydrogens is 627 g/mol. The summed E-state index contributed by atoms with van der Waals surface area (Å²) in [7, 11) is -3.50. The summed E-state index contributed by atoms with van der Waals surface area (Å²) in [5, 5.41) is 0.770. The lowest BCUT2D eigenvalue weighted by molar-refractivity contribution is 0.581. The van der Waals surface area contributed by atoms with Crippen LogP contribution < -0.4 is 14.6 Å². The van der Waals surface area contributed by atoms with Crippen LogP contribution in [0.25, 0.3) is 44.5 Å². The van der Waals surface area contributed by atoms with E-state index in [0.29, 0.717) is 0 Å². The van der Waals surface area contributed by atoms with Crippen molar-refractivity contribution < 1.29 is 4.57 Å². The molecule has 242 valence electrons. The summed E-state index contributed by atoms with van der Waals surface area (Å²) in [6.07, 6.45) is 0. The Morgan fingerprint density at radius 3 is 1.06 bits per heavy atom. The van der Waals surface area contributed by atoms with E-state index in [1.807, 2.05) is 18.2 Å². The van der Waals surface area contributed by atoms with Crippen molar-refractivity contribution in [3.8, 4) is 44.5 Å². The van der Waals surface area contributed by atoms with Gasteiger partial charge in [0.25, 0.3) is 0 Å². The number of benzene rings is 7. The second-order valence-corrected chi connectivity index (χ2v) is 15.1. The first kappa shape index (κ1) is 31.4. The number of hydrogen-bond acceptors (Lipinski definition) is 1. The summed E-state index contributed by atoms with van der Waals surface area (Å²) in [5.74, 6) is 0. The summed E-state index contributed by atoms with van der Waals surface area (Å²) >= 11 is 0. The molecule has 0 saturated carbocycles. The van der Waals surface area contributed by atoms with Crippen LogP contribution >= 0.6 is 7.44 Å². The molecule has 7 aromatic rings. The molecular formula is C46H37N2OP. The highest BCUT2D eigenvalue weighted by atomic mass is 31.2. The van der Waals surface area contributed by atoms with Crippen LogP contribution in [0.5, 0.6) is 0 Å². The summed E-state index contributed by atoms with van der Waals surface area (Å²) in [6.45, 7) is 4.17. The Labute approximate surface area is 294 Å². The third-order valence-corrected chi connectivity index (χ3v) is 12.7. The van der Waals surface area contributed by atoms with E-state index in [9.17, 15) is 0 Å². The quantitative estimate of drug-likeness (QED) is 0.158. The van der Waals surface area contributed by atoms with Crippen molar-refractivity contribution in [3.05, 3.63) is 199 Å². The van der Waals surface area contributed by atoms with Gasteiger partial charge in [0.15, 0.2) is 0 Å². The lowest BCUT2D eigenvalue weighted by atomic mass is 9.99. The van der Waals surface area contributed by atoms with Gasteiger partial charge in [0, 0.05) is 22.8 Å². The molecule has 0 aliphatic carbocycles. The SMILES string of the molecule is CC1=C(C)N(c2cccc(-c3ccccc3)c2)P(=O)(c2ccc(-c3cccc(-c4ccccc4)c3)cc2)N1c1cccc(-c2ccccc2)c1. The van der Waals surface area contributed by atoms with Gasteiger partial charge in [-0.1, -0.05) is 146 Å². The lowest BCUT2D eigenvalue weighted by Gasteiger charge is -2.35. The highest BCUT2D eigenvalue weighted by Gasteiger charge is 2.48. The minimum Gasteiger partial charge on any atom is -0.274 e. The van der Waals surface area contributed by atoms with Crippen molar-refractivity contribution in [3.63, 3.8) is 0 Å².